The maximum atomic E-state index is 12.6. The van der Waals surface area contributed by atoms with Crippen LogP contribution in [0.3, 0.4) is 0 Å². The molecule has 0 N–H and O–H groups in total. The second kappa shape index (κ2) is 8.59. The Hall–Kier alpha value is -3.06. The minimum Gasteiger partial charge on any atom is -0.493 e. The minimum atomic E-state index is -0.198. The van der Waals surface area contributed by atoms with Crippen LogP contribution in [0.5, 0.6) is 11.5 Å². The Morgan fingerprint density at radius 1 is 1.19 bits per heavy atom. The zero-order valence-corrected chi connectivity index (χ0v) is 18.6. The summed E-state index contributed by atoms with van der Waals surface area (Å²) in [6.07, 6.45) is 0.317. The largest absolute Gasteiger partial charge is 0.493 e. The molecule has 0 aliphatic carbocycles. The smallest absolute Gasteiger partial charge is 0.232 e. The van der Waals surface area contributed by atoms with E-state index in [0.717, 1.165) is 11.1 Å². The second-order valence-electron chi connectivity index (χ2n) is 7.85. The molecule has 1 amide bonds. The van der Waals surface area contributed by atoms with Gasteiger partial charge in [0, 0.05) is 18.5 Å². The number of rotatable bonds is 6. The van der Waals surface area contributed by atoms with Gasteiger partial charge in [-0.05, 0) is 56.7 Å². The molecular weight excluding hydrogens is 418 g/mol. The normalized spacial score (nSPS) is 16.3. The number of hydrogen-bond donors (Lipinski definition) is 0. The van der Waals surface area contributed by atoms with Gasteiger partial charge in [-0.3, -0.25) is 4.79 Å². The number of anilines is 1. The van der Waals surface area contributed by atoms with Crippen LogP contribution < -0.4 is 14.4 Å². The lowest BCUT2D eigenvalue weighted by atomic mass is 10.1. The molecule has 2 aromatic carbocycles. The monoisotopic (exact) mass is 441 g/mol. The first-order chi connectivity index (χ1) is 14.9. The van der Waals surface area contributed by atoms with Gasteiger partial charge in [0.05, 0.1) is 29.8 Å². The fraction of sp³-hybridized carbons (Fsp3) is 0.348. The quantitative estimate of drug-likeness (QED) is 0.534. The van der Waals surface area contributed by atoms with Crippen molar-refractivity contribution in [3.63, 3.8) is 0 Å². The van der Waals surface area contributed by atoms with Crippen LogP contribution in [0.25, 0.3) is 11.4 Å². The van der Waals surface area contributed by atoms with Crippen LogP contribution in [-0.4, -0.2) is 35.8 Å². The van der Waals surface area contributed by atoms with E-state index in [0.29, 0.717) is 40.5 Å². The molecule has 162 valence electrons. The van der Waals surface area contributed by atoms with Crippen LogP contribution in [0.15, 0.2) is 40.9 Å². The van der Waals surface area contributed by atoms with E-state index >= 15 is 0 Å². The molecule has 1 aliphatic rings. The molecule has 0 spiro atoms. The molecule has 31 heavy (non-hydrogen) atoms. The Morgan fingerprint density at radius 3 is 2.71 bits per heavy atom. The van der Waals surface area contributed by atoms with Crippen LogP contribution in [0.1, 0.15) is 37.6 Å². The van der Waals surface area contributed by atoms with E-state index in [1.165, 1.54) is 0 Å². The average Bonchev–Trinajstić information content (AvgIpc) is 3.35. The topological polar surface area (TPSA) is 77.7 Å². The lowest BCUT2D eigenvalue weighted by Gasteiger charge is -2.18. The first kappa shape index (κ1) is 21.2. The highest BCUT2D eigenvalue weighted by Crippen LogP contribution is 2.37. The summed E-state index contributed by atoms with van der Waals surface area (Å²) in [7, 11) is 1.59. The van der Waals surface area contributed by atoms with Crippen LogP contribution in [-0.2, 0) is 4.79 Å². The molecule has 1 unspecified atom stereocenters. The van der Waals surface area contributed by atoms with Crippen molar-refractivity contribution in [3.05, 3.63) is 52.9 Å². The van der Waals surface area contributed by atoms with Crippen molar-refractivity contribution in [2.75, 3.05) is 18.6 Å². The van der Waals surface area contributed by atoms with E-state index in [-0.39, 0.29) is 24.3 Å². The lowest BCUT2D eigenvalue weighted by Crippen LogP contribution is -2.24. The number of carbonyl (C=O) groups excluding carboxylic acids is 1. The zero-order chi connectivity index (χ0) is 22.1. The van der Waals surface area contributed by atoms with Crippen molar-refractivity contribution in [3.8, 4) is 22.9 Å². The first-order valence-corrected chi connectivity index (χ1v) is 10.5. The van der Waals surface area contributed by atoms with Gasteiger partial charge in [0.25, 0.3) is 0 Å². The highest BCUT2D eigenvalue weighted by atomic mass is 35.5. The van der Waals surface area contributed by atoms with Crippen molar-refractivity contribution in [1.82, 2.24) is 10.1 Å². The third-order valence-electron chi connectivity index (χ3n) is 5.09. The maximum Gasteiger partial charge on any atom is 0.232 e. The van der Waals surface area contributed by atoms with Gasteiger partial charge in [-0.25, -0.2) is 0 Å². The van der Waals surface area contributed by atoms with Crippen molar-refractivity contribution >= 4 is 23.2 Å². The van der Waals surface area contributed by atoms with Crippen LogP contribution in [0.4, 0.5) is 5.69 Å². The Balaban J connectivity index is 1.55. The standard InChI is InChI=1S/C23H24ClN3O4/c1-13(2)30-19-8-6-15(10-20(19)29-4)22-25-23(31-26-22)16-11-21(28)27(12-16)18-7-5-14(3)9-17(18)24/h5-10,13,16H,11-12H2,1-4H3. The van der Waals surface area contributed by atoms with E-state index in [2.05, 4.69) is 10.1 Å². The molecule has 8 heteroatoms. The van der Waals surface area contributed by atoms with Gasteiger partial charge in [0.1, 0.15) is 0 Å². The number of hydrogen-bond acceptors (Lipinski definition) is 6. The Morgan fingerprint density at radius 2 is 2.00 bits per heavy atom. The van der Waals surface area contributed by atoms with Crippen LogP contribution in [0.2, 0.25) is 5.02 Å². The van der Waals surface area contributed by atoms with E-state index in [1.807, 2.05) is 57.2 Å². The summed E-state index contributed by atoms with van der Waals surface area (Å²) < 4.78 is 16.7. The fourth-order valence-electron chi connectivity index (χ4n) is 3.61. The highest BCUT2D eigenvalue weighted by Gasteiger charge is 2.36. The van der Waals surface area contributed by atoms with Crippen LogP contribution in [0, 0.1) is 6.92 Å². The maximum absolute atomic E-state index is 12.6. The molecule has 1 fully saturated rings. The van der Waals surface area contributed by atoms with Crippen molar-refractivity contribution in [2.24, 2.45) is 0 Å². The molecule has 1 aliphatic heterocycles. The van der Waals surface area contributed by atoms with Gasteiger partial charge >= 0.3 is 0 Å². The number of aromatic nitrogens is 2. The number of halogens is 1. The molecule has 2 heterocycles. The second-order valence-corrected chi connectivity index (χ2v) is 8.26. The number of aryl methyl sites for hydroxylation is 1. The van der Waals surface area contributed by atoms with Gasteiger partial charge < -0.3 is 18.9 Å². The number of amides is 1. The summed E-state index contributed by atoms with van der Waals surface area (Å²) in [4.78, 5) is 18.8. The summed E-state index contributed by atoms with van der Waals surface area (Å²) in [6.45, 7) is 6.30. The summed E-state index contributed by atoms with van der Waals surface area (Å²) in [5, 5.41) is 4.66. The Bertz CT molecular complexity index is 1110. The molecule has 1 saturated heterocycles. The number of carbonyl (C=O) groups is 1. The van der Waals surface area contributed by atoms with Crippen LogP contribution >= 0.6 is 11.6 Å². The molecule has 0 radical (unpaired) electrons. The van der Waals surface area contributed by atoms with Gasteiger partial charge in [-0.1, -0.05) is 22.8 Å². The minimum absolute atomic E-state index is 0.0210. The summed E-state index contributed by atoms with van der Waals surface area (Å²) in [6, 6.07) is 11.1. The number of ether oxygens (including phenoxy) is 2. The van der Waals surface area contributed by atoms with Gasteiger partial charge in [0.2, 0.25) is 17.6 Å². The van der Waals surface area contributed by atoms with E-state index in [9.17, 15) is 4.79 Å². The third-order valence-corrected chi connectivity index (χ3v) is 5.40. The lowest BCUT2D eigenvalue weighted by molar-refractivity contribution is -0.117. The average molecular weight is 442 g/mol. The fourth-order valence-corrected chi connectivity index (χ4v) is 3.95. The molecule has 1 atom stereocenters. The highest BCUT2D eigenvalue weighted by molar-refractivity contribution is 6.34. The van der Waals surface area contributed by atoms with Crippen molar-refractivity contribution in [2.45, 2.75) is 39.2 Å². The number of nitrogens with zero attached hydrogens (tertiary/aromatic N) is 3. The molecular formula is C23H24ClN3O4. The van der Waals surface area contributed by atoms with Gasteiger partial charge in [-0.2, -0.15) is 4.98 Å². The Kier molecular flexibility index (Phi) is 5.87. The predicted octanol–water partition coefficient (Wildman–Crippen LogP) is 5.01. The summed E-state index contributed by atoms with van der Waals surface area (Å²) in [5.74, 6) is 1.88. The van der Waals surface area contributed by atoms with Crippen molar-refractivity contribution in [1.29, 1.82) is 0 Å². The molecule has 1 aromatic heterocycles. The molecule has 3 aromatic rings. The Labute approximate surface area is 185 Å². The van der Waals surface area contributed by atoms with Crippen molar-refractivity contribution < 1.29 is 18.8 Å². The van der Waals surface area contributed by atoms with Gasteiger partial charge in [0.15, 0.2) is 11.5 Å². The molecule has 0 saturated carbocycles. The van der Waals surface area contributed by atoms with E-state index < -0.39 is 0 Å². The summed E-state index contributed by atoms with van der Waals surface area (Å²) >= 11 is 6.36. The first-order valence-electron chi connectivity index (χ1n) is 10.1. The molecule has 0 bridgehead atoms. The third kappa shape index (κ3) is 4.37. The molecule has 4 rings (SSSR count). The number of methoxy groups -OCH3 is 1. The zero-order valence-electron chi connectivity index (χ0n) is 17.9. The number of benzene rings is 2. The SMILES string of the molecule is COc1cc(-c2noc(C3CC(=O)N(c4ccc(C)cc4Cl)C3)n2)ccc1OC(C)C. The summed E-state index contributed by atoms with van der Waals surface area (Å²) in [5.41, 5.74) is 2.48. The van der Waals surface area contributed by atoms with E-state index in [4.69, 9.17) is 25.6 Å². The van der Waals surface area contributed by atoms with Gasteiger partial charge in [-0.15, -0.1) is 0 Å². The molecule has 7 nitrogen and oxygen atoms in total. The predicted molar refractivity (Wildman–Crippen MR) is 118 cm³/mol. The van der Waals surface area contributed by atoms with E-state index in [1.54, 1.807) is 12.0 Å².